The average Bonchev–Trinajstić information content (AvgIpc) is 4.18. The lowest BCUT2D eigenvalue weighted by Crippen LogP contribution is -2.42. The number of phenols is 2. The Balaban J connectivity index is 0.000000486. The van der Waals surface area contributed by atoms with Gasteiger partial charge in [-0.3, -0.25) is 0 Å². The molecule has 0 saturated heterocycles. The molecule has 0 bridgehead atoms. The average molecular weight is 1010 g/mol. The van der Waals surface area contributed by atoms with Crippen LogP contribution in [0.15, 0.2) is 45.8 Å². The molecule has 0 spiro atoms. The fourth-order valence-corrected chi connectivity index (χ4v) is 22.5. The molecule has 0 fully saturated rings. The van der Waals surface area contributed by atoms with Gasteiger partial charge in [-0.25, -0.2) is 0 Å². The Morgan fingerprint density at radius 3 is 0.833 bits per heavy atom. The van der Waals surface area contributed by atoms with Gasteiger partial charge in [-0.2, -0.15) is 0 Å². The molecule has 0 unspecified atom stereocenters. The van der Waals surface area contributed by atoms with E-state index in [0.717, 1.165) is 20.2 Å². The van der Waals surface area contributed by atoms with E-state index in [4.69, 9.17) is 8.85 Å². The fourth-order valence-electron chi connectivity index (χ4n) is 10.1. The molecule has 0 aliphatic carbocycles. The molecule has 0 atom stereocenters. The summed E-state index contributed by atoms with van der Waals surface area (Å²) in [6, 6.07) is 16.4. The van der Waals surface area contributed by atoms with E-state index in [1.807, 2.05) is 45.6 Å². The summed E-state index contributed by atoms with van der Waals surface area (Å²) in [5.41, 5.74) is 0. The highest BCUT2D eigenvalue weighted by Crippen LogP contribution is 2.51. The smallest absolute Gasteiger partial charge is 0.251 e. The summed E-state index contributed by atoms with van der Waals surface area (Å²) in [4.78, 5) is 0. The summed E-state index contributed by atoms with van der Waals surface area (Å²) < 4.78 is 20.0. The molecule has 4 aromatic heterocycles. The predicted molar refractivity (Wildman–Crippen MR) is 304 cm³/mol. The van der Waals surface area contributed by atoms with E-state index in [1.54, 1.807) is 0 Å². The number of hydrogen-bond acceptors (Lipinski definition) is 8. The van der Waals surface area contributed by atoms with Crippen molar-refractivity contribution >= 4 is 102 Å². The molecule has 0 aliphatic rings. The molecular formula is C56H88O4S4Si2. The van der Waals surface area contributed by atoms with Gasteiger partial charge in [0, 0.05) is 21.5 Å². The van der Waals surface area contributed by atoms with Gasteiger partial charge >= 0.3 is 0 Å². The van der Waals surface area contributed by atoms with Crippen LogP contribution in [0.3, 0.4) is 0 Å². The van der Waals surface area contributed by atoms with E-state index in [-0.39, 0.29) is 11.5 Å². The molecule has 66 heavy (non-hydrogen) atoms. The topological polar surface area (TPSA) is 58.9 Å². The van der Waals surface area contributed by atoms with Gasteiger partial charge in [-0.1, -0.05) is 196 Å². The second kappa shape index (κ2) is 29.8. The zero-order chi connectivity index (χ0) is 47.0. The van der Waals surface area contributed by atoms with Crippen LogP contribution in [0.4, 0.5) is 0 Å². The Morgan fingerprint density at radius 1 is 0.333 bits per heavy atom. The first-order valence-electron chi connectivity index (χ1n) is 26.9. The molecule has 6 aromatic rings. The summed E-state index contributed by atoms with van der Waals surface area (Å²) >= 11 is 6.72. The number of benzene rings is 2. The van der Waals surface area contributed by atoms with Crippen LogP contribution >= 0.6 is 45.3 Å². The summed E-state index contributed by atoms with van der Waals surface area (Å²) in [5.74, 6) is 3.04. The Labute approximate surface area is 419 Å². The lowest BCUT2D eigenvalue weighted by atomic mass is 10.2. The van der Waals surface area contributed by atoms with Crippen molar-refractivity contribution in [3.05, 3.63) is 45.8 Å². The number of fused-ring (bicyclic) bond motifs is 4. The third kappa shape index (κ3) is 15.5. The maximum atomic E-state index is 9.92. The van der Waals surface area contributed by atoms with Crippen LogP contribution in [-0.2, 0) is 0 Å². The lowest BCUT2D eigenvalue weighted by molar-refractivity contribution is 0.480. The first-order valence-corrected chi connectivity index (χ1v) is 35.5. The van der Waals surface area contributed by atoms with Gasteiger partial charge in [0.05, 0.1) is 18.8 Å². The van der Waals surface area contributed by atoms with Gasteiger partial charge in [0.15, 0.2) is 0 Å². The highest BCUT2D eigenvalue weighted by atomic mass is 32.1. The highest BCUT2D eigenvalue weighted by Gasteiger charge is 2.39. The van der Waals surface area contributed by atoms with Crippen LogP contribution in [0, 0.1) is 0 Å². The van der Waals surface area contributed by atoms with Crippen molar-refractivity contribution in [2.75, 3.05) is 0 Å². The quantitative estimate of drug-likeness (QED) is 0.0240. The Morgan fingerprint density at radius 2 is 0.576 bits per heavy atom. The van der Waals surface area contributed by atoms with E-state index in [2.05, 4.69) is 64.4 Å². The van der Waals surface area contributed by atoms with Crippen molar-refractivity contribution in [3.8, 4) is 23.0 Å². The maximum absolute atomic E-state index is 9.92. The molecule has 0 saturated carbocycles. The second-order valence-electron chi connectivity index (χ2n) is 19.4. The van der Waals surface area contributed by atoms with Crippen molar-refractivity contribution in [2.45, 2.75) is 232 Å². The SMILES string of the molecule is CCCCCC[Si](CCCCCC)(CCCCCC)Oc1c2ccsc2c(O[Si](CCCCCC)(CCCCCC)CCCCCC)c2ccsc12.Oc1c2ccsc2c(O)c2ccsc12. The minimum absolute atomic E-state index is 0.282. The molecule has 0 amide bonds. The highest BCUT2D eigenvalue weighted by molar-refractivity contribution is 7.20. The van der Waals surface area contributed by atoms with Crippen LogP contribution in [0.5, 0.6) is 23.0 Å². The third-order valence-corrected chi connectivity index (χ3v) is 26.6. The van der Waals surface area contributed by atoms with E-state index < -0.39 is 16.6 Å². The number of aromatic hydroxyl groups is 2. The van der Waals surface area contributed by atoms with Gasteiger partial charge in [0.1, 0.15) is 23.0 Å². The number of thiophene rings is 4. The van der Waals surface area contributed by atoms with Crippen LogP contribution in [-0.4, -0.2) is 26.8 Å². The minimum atomic E-state index is -2.03. The van der Waals surface area contributed by atoms with Gasteiger partial charge in [0.25, 0.3) is 16.6 Å². The predicted octanol–water partition coefficient (Wildman–Crippen LogP) is 21.8. The first-order chi connectivity index (χ1) is 32.3. The molecule has 6 rings (SSSR count). The molecule has 10 heteroatoms. The van der Waals surface area contributed by atoms with E-state index in [9.17, 15) is 10.2 Å². The zero-order valence-corrected chi connectivity index (χ0v) is 47.4. The van der Waals surface area contributed by atoms with Gasteiger partial charge in [-0.15, -0.1) is 45.3 Å². The summed E-state index contributed by atoms with van der Waals surface area (Å²) in [6.45, 7) is 14.1. The standard InChI is InChI=1S/C46H82O2S2Si2.C10H6O2S2/c1-7-13-19-25-35-51(36-26-20-14-8-2,37-27-21-15-9-3)47-43-41-31-33-50-46(41)44(42-32-34-49-45(42)43)48-52(38-28-22-16-10-4,39-29-23-17-11-5)40-30-24-18-12-6;11-7-5-1-3-13-9(5)8(12)6-2-4-14-10(6)7/h31-34H,7-30,35-40H2,1-6H3;1-4,11-12H. The Kier molecular flexibility index (Phi) is 24.8. The summed E-state index contributed by atoms with van der Waals surface area (Å²) in [7, 11) is -4.06. The van der Waals surface area contributed by atoms with Crippen LogP contribution in [0.25, 0.3) is 40.3 Å². The normalized spacial score (nSPS) is 12.2. The number of unbranched alkanes of at least 4 members (excludes halogenated alkanes) is 18. The molecule has 4 nitrogen and oxygen atoms in total. The second-order valence-corrected chi connectivity index (χ2v) is 31.2. The van der Waals surface area contributed by atoms with Crippen molar-refractivity contribution in [3.63, 3.8) is 0 Å². The monoisotopic (exact) mass is 1010 g/mol. The molecule has 4 heterocycles. The van der Waals surface area contributed by atoms with Crippen molar-refractivity contribution < 1.29 is 19.1 Å². The van der Waals surface area contributed by atoms with Crippen LogP contribution < -0.4 is 8.85 Å². The summed E-state index contributed by atoms with van der Waals surface area (Å²) in [6.07, 6.45) is 32.1. The maximum Gasteiger partial charge on any atom is 0.251 e. The van der Waals surface area contributed by atoms with Gasteiger partial charge < -0.3 is 19.1 Å². The van der Waals surface area contributed by atoms with Gasteiger partial charge in [-0.05, 0) is 82.1 Å². The van der Waals surface area contributed by atoms with Crippen LogP contribution in [0.1, 0.15) is 196 Å². The molecule has 368 valence electrons. The largest absolute Gasteiger partial charge is 0.542 e. The van der Waals surface area contributed by atoms with E-state index >= 15 is 0 Å². The minimum Gasteiger partial charge on any atom is -0.542 e. The Bertz CT molecular complexity index is 1920. The number of hydrogen-bond donors (Lipinski definition) is 2. The fraction of sp³-hybridized carbons (Fsp3) is 0.643. The molecule has 2 aromatic carbocycles. The zero-order valence-electron chi connectivity index (χ0n) is 42.2. The number of rotatable bonds is 34. The van der Waals surface area contributed by atoms with E-state index in [1.165, 1.54) is 245 Å². The molecular weight excluding hydrogens is 921 g/mol. The molecule has 0 aliphatic heterocycles. The summed E-state index contributed by atoms with van der Waals surface area (Å²) in [5, 5.41) is 32.4. The molecule has 2 N–H and O–H groups in total. The van der Waals surface area contributed by atoms with Crippen molar-refractivity contribution in [1.82, 2.24) is 0 Å². The Hall–Kier alpha value is -2.09. The van der Waals surface area contributed by atoms with Crippen molar-refractivity contribution in [1.29, 1.82) is 0 Å². The lowest BCUT2D eigenvalue weighted by Gasteiger charge is -2.35. The van der Waals surface area contributed by atoms with Crippen molar-refractivity contribution in [2.24, 2.45) is 0 Å². The van der Waals surface area contributed by atoms with E-state index in [0.29, 0.717) is 0 Å². The molecule has 0 radical (unpaired) electrons. The van der Waals surface area contributed by atoms with Crippen LogP contribution in [0.2, 0.25) is 36.3 Å². The first kappa shape index (κ1) is 54.8. The van der Waals surface area contributed by atoms with Gasteiger partial charge in [0.2, 0.25) is 0 Å². The third-order valence-electron chi connectivity index (χ3n) is 14.1. The number of phenolic OH excluding ortho intramolecular Hbond substituents is 2.